The Morgan fingerprint density at radius 3 is 0.875 bits per heavy atom. The first-order chi connectivity index (χ1) is 11.4. The maximum absolute atomic E-state index is 9.75. The summed E-state index contributed by atoms with van der Waals surface area (Å²) in [5.74, 6) is 0. The third-order valence-corrected chi connectivity index (χ3v) is 7.96. The number of hydrogen-bond acceptors (Lipinski definition) is 3. The molecule has 3 nitrogen and oxygen atoms in total. The van der Waals surface area contributed by atoms with Crippen LogP contribution in [0.1, 0.15) is 57.8 Å². The smallest absolute Gasteiger partial charge is 0.418 e. The van der Waals surface area contributed by atoms with E-state index in [-0.39, 0.29) is 0 Å². The lowest BCUT2D eigenvalue weighted by Crippen LogP contribution is -2.43. The molecule has 0 N–H and O–H groups in total. The molecule has 0 aromatic carbocycles. The van der Waals surface area contributed by atoms with Crippen molar-refractivity contribution < 1.29 is 17.3 Å². The molecule has 3 aliphatic heterocycles. The molecule has 3 aliphatic rings. The van der Waals surface area contributed by atoms with Crippen LogP contribution in [-0.2, 0) is 0 Å². The fourth-order valence-corrected chi connectivity index (χ4v) is 7.23. The maximum Gasteiger partial charge on any atom is 0.673 e. The van der Waals surface area contributed by atoms with Crippen LogP contribution in [0.4, 0.5) is 17.3 Å². The second kappa shape index (κ2) is 10.3. The monoisotopic (exact) mass is 371 g/mol. The van der Waals surface area contributed by atoms with Crippen molar-refractivity contribution in [2.24, 2.45) is 0 Å². The van der Waals surface area contributed by atoms with Gasteiger partial charge in [-0.3, -0.25) is 0 Å². The van der Waals surface area contributed by atoms with Gasteiger partial charge < -0.3 is 17.3 Å². The van der Waals surface area contributed by atoms with Crippen molar-refractivity contribution in [3.05, 3.63) is 0 Å². The van der Waals surface area contributed by atoms with E-state index in [0.717, 1.165) is 0 Å². The van der Waals surface area contributed by atoms with Gasteiger partial charge in [0, 0.05) is 39.3 Å². The summed E-state index contributed by atoms with van der Waals surface area (Å²) < 4.78 is 47.7. The highest BCUT2D eigenvalue weighted by Crippen LogP contribution is 2.51. The van der Waals surface area contributed by atoms with Crippen LogP contribution >= 0.6 is 8.37 Å². The second-order valence-corrected chi connectivity index (χ2v) is 9.44. The van der Waals surface area contributed by atoms with Crippen LogP contribution in [0, 0.1) is 0 Å². The fourth-order valence-electron chi connectivity index (χ4n) is 3.88. The summed E-state index contributed by atoms with van der Waals surface area (Å²) in [5.41, 5.74) is 0. The van der Waals surface area contributed by atoms with E-state index < -0.39 is 15.6 Å². The van der Waals surface area contributed by atoms with Gasteiger partial charge in [-0.05, 0) is 38.5 Å². The molecule has 3 fully saturated rings. The molecule has 0 radical (unpaired) electrons. The standard InChI is InChI=1S/C15H30N3P.BF4/c1-4-10-16(11-5-1)19(17-12-6-2-7-13-17)18-14-8-3-9-15-18;2-1(3,4)5/h1-15H2;/q;-1/p+1. The van der Waals surface area contributed by atoms with Gasteiger partial charge >= 0.3 is 7.25 Å². The number of nitrogens with zero attached hydrogens (tertiary/aromatic N) is 3. The Hall–Kier alpha value is 0.0949. The Bertz CT molecular complexity index is 295. The summed E-state index contributed by atoms with van der Waals surface area (Å²) in [6.45, 7) is 8.26. The van der Waals surface area contributed by atoms with Gasteiger partial charge in [-0.1, -0.05) is 19.3 Å². The SMILES string of the molecule is C1CCN([PH+](N2CCCCC2)N2CCCCC2)CC1.F[B-](F)(F)F. The number of hydrogen-bond donors (Lipinski definition) is 0. The summed E-state index contributed by atoms with van der Waals surface area (Å²) in [4.78, 5) is 0. The molecule has 0 saturated carbocycles. The molecule has 0 spiro atoms. The topological polar surface area (TPSA) is 9.72 Å². The zero-order chi connectivity index (χ0) is 17.4. The molecule has 3 rings (SSSR count). The van der Waals surface area contributed by atoms with Crippen LogP contribution in [0.2, 0.25) is 0 Å². The summed E-state index contributed by atoms with van der Waals surface area (Å²) in [5, 5.41) is 0. The van der Waals surface area contributed by atoms with E-state index in [2.05, 4.69) is 14.0 Å². The van der Waals surface area contributed by atoms with Gasteiger partial charge in [-0.25, -0.2) is 0 Å². The van der Waals surface area contributed by atoms with Gasteiger partial charge in [0.05, 0.1) is 0 Å². The van der Waals surface area contributed by atoms with Crippen LogP contribution in [0.25, 0.3) is 0 Å². The van der Waals surface area contributed by atoms with E-state index in [1.54, 1.807) is 0 Å². The van der Waals surface area contributed by atoms with Gasteiger partial charge in [0.15, 0.2) is 0 Å². The summed E-state index contributed by atoms with van der Waals surface area (Å²) in [7, 11) is -6.55. The molecule has 142 valence electrons. The molecule has 0 atom stereocenters. The first-order valence-electron chi connectivity index (χ1n) is 9.44. The van der Waals surface area contributed by atoms with Crippen LogP contribution in [0.15, 0.2) is 0 Å². The van der Waals surface area contributed by atoms with E-state index in [9.17, 15) is 17.3 Å². The molecule has 3 saturated heterocycles. The molecule has 0 amide bonds. The van der Waals surface area contributed by atoms with E-state index >= 15 is 0 Å². The molecule has 3 heterocycles. The zero-order valence-corrected chi connectivity index (χ0v) is 15.5. The van der Waals surface area contributed by atoms with Gasteiger partial charge in [0.25, 0.3) is 0 Å². The van der Waals surface area contributed by atoms with E-state index in [1.165, 1.54) is 97.1 Å². The van der Waals surface area contributed by atoms with Crippen molar-refractivity contribution in [1.29, 1.82) is 0 Å². The molecular formula is C15H31BF4N3P. The molecule has 9 heteroatoms. The van der Waals surface area contributed by atoms with Crippen molar-refractivity contribution in [1.82, 2.24) is 14.0 Å². The Labute approximate surface area is 144 Å². The normalized spacial score (nSPS) is 25.4. The number of halogens is 4. The fraction of sp³-hybridized carbons (Fsp3) is 1.00. The lowest BCUT2D eigenvalue weighted by atomic mass is 10.2. The van der Waals surface area contributed by atoms with E-state index in [4.69, 9.17) is 0 Å². The summed E-state index contributed by atoms with van der Waals surface area (Å²) in [6, 6.07) is 0. The first-order valence-corrected chi connectivity index (χ1v) is 10.8. The Morgan fingerprint density at radius 1 is 0.458 bits per heavy atom. The Kier molecular flexibility index (Phi) is 8.75. The van der Waals surface area contributed by atoms with Gasteiger partial charge in [0.2, 0.25) is 8.37 Å². The van der Waals surface area contributed by atoms with Crippen molar-refractivity contribution in [3.8, 4) is 0 Å². The maximum atomic E-state index is 9.75. The van der Waals surface area contributed by atoms with Crippen molar-refractivity contribution >= 4 is 15.6 Å². The lowest BCUT2D eigenvalue weighted by molar-refractivity contribution is 0.256. The number of piperidine rings is 3. The van der Waals surface area contributed by atoms with Crippen LogP contribution in [0.3, 0.4) is 0 Å². The lowest BCUT2D eigenvalue weighted by Gasteiger charge is -2.41. The van der Waals surface area contributed by atoms with Crippen molar-refractivity contribution in [3.63, 3.8) is 0 Å². The molecule has 0 unspecified atom stereocenters. The van der Waals surface area contributed by atoms with Gasteiger partial charge in [0.1, 0.15) is 0 Å². The molecule has 0 aliphatic carbocycles. The minimum atomic E-state index is -6.00. The molecular weight excluding hydrogens is 340 g/mol. The average molecular weight is 371 g/mol. The molecule has 0 bridgehead atoms. The quantitative estimate of drug-likeness (QED) is 0.404. The largest absolute Gasteiger partial charge is 0.673 e. The van der Waals surface area contributed by atoms with Gasteiger partial charge in [-0.2, -0.15) is 14.0 Å². The summed E-state index contributed by atoms with van der Waals surface area (Å²) >= 11 is 0. The highest BCUT2D eigenvalue weighted by atomic mass is 31.2. The van der Waals surface area contributed by atoms with Crippen molar-refractivity contribution in [2.45, 2.75) is 57.8 Å². The van der Waals surface area contributed by atoms with Crippen molar-refractivity contribution in [2.75, 3.05) is 39.3 Å². The van der Waals surface area contributed by atoms with Crippen LogP contribution in [-0.4, -0.2) is 60.5 Å². The predicted octanol–water partition coefficient (Wildman–Crippen LogP) is 4.70. The van der Waals surface area contributed by atoms with Crippen LogP contribution < -0.4 is 0 Å². The van der Waals surface area contributed by atoms with Crippen LogP contribution in [0.5, 0.6) is 0 Å². The highest BCUT2D eigenvalue weighted by Gasteiger charge is 2.40. The molecule has 0 aromatic heterocycles. The first kappa shape index (κ1) is 20.4. The third-order valence-electron chi connectivity index (χ3n) is 4.92. The van der Waals surface area contributed by atoms with E-state index in [0.29, 0.717) is 0 Å². The highest BCUT2D eigenvalue weighted by molar-refractivity contribution is 7.50. The Balaban J connectivity index is 0.000000368. The third kappa shape index (κ3) is 7.55. The summed E-state index contributed by atoms with van der Waals surface area (Å²) in [6.07, 6.45) is 13.0. The Morgan fingerprint density at radius 2 is 0.667 bits per heavy atom. The predicted molar refractivity (Wildman–Crippen MR) is 94.8 cm³/mol. The van der Waals surface area contributed by atoms with Gasteiger partial charge in [-0.15, -0.1) is 0 Å². The number of rotatable bonds is 3. The molecule has 24 heavy (non-hydrogen) atoms. The average Bonchev–Trinajstić information content (AvgIpc) is 2.57. The van der Waals surface area contributed by atoms with E-state index in [1.807, 2.05) is 0 Å². The minimum absolute atomic E-state index is 0.547. The second-order valence-electron chi connectivity index (χ2n) is 6.94. The molecule has 0 aromatic rings. The zero-order valence-electron chi connectivity index (χ0n) is 14.5. The minimum Gasteiger partial charge on any atom is -0.418 e.